The van der Waals surface area contributed by atoms with Crippen LogP contribution in [0, 0.1) is 6.92 Å². The second-order valence-corrected chi connectivity index (χ2v) is 5.44. The fourth-order valence-corrected chi connectivity index (χ4v) is 2.79. The fourth-order valence-electron chi connectivity index (χ4n) is 2.79. The number of amides is 1. The van der Waals surface area contributed by atoms with Crippen LogP contribution in [0.1, 0.15) is 28.9 Å². The Labute approximate surface area is 128 Å². The second-order valence-electron chi connectivity index (χ2n) is 5.44. The summed E-state index contributed by atoms with van der Waals surface area (Å²) in [6, 6.07) is 8.76. The normalized spacial score (nSPS) is 17.7. The van der Waals surface area contributed by atoms with E-state index in [1.165, 1.54) is 4.90 Å². The van der Waals surface area contributed by atoms with Gasteiger partial charge in [0.05, 0.1) is 5.69 Å². The van der Waals surface area contributed by atoms with Crippen LogP contribution in [-0.2, 0) is 4.79 Å². The van der Waals surface area contributed by atoms with Crippen molar-refractivity contribution in [2.75, 3.05) is 6.54 Å². The zero-order valence-corrected chi connectivity index (χ0v) is 12.3. The van der Waals surface area contributed by atoms with Crippen LogP contribution < -0.4 is 0 Å². The molecule has 0 radical (unpaired) electrons. The van der Waals surface area contributed by atoms with E-state index in [0.29, 0.717) is 25.1 Å². The maximum absolute atomic E-state index is 12.6. The number of hydrogen-bond donors (Lipinski definition) is 1. The summed E-state index contributed by atoms with van der Waals surface area (Å²) in [4.78, 5) is 25.3. The van der Waals surface area contributed by atoms with Crippen LogP contribution >= 0.6 is 0 Å². The number of aryl methyl sites for hydroxylation is 1. The second kappa shape index (κ2) is 5.63. The number of carbonyl (C=O) groups excluding carboxylic acids is 1. The summed E-state index contributed by atoms with van der Waals surface area (Å²) < 4.78 is 1.65. The molecule has 1 amide bonds. The van der Waals surface area contributed by atoms with E-state index in [1.54, 1.807) is 10.9 Å². The Hall–Kier alpha value is -2.63. The maximum Gasteiger partial charge on any atom is 0.326 e. The minimum atomic E-state index is -0.953. The van der Waals surface area contributed by atoms with Crippen LogP contribution in [-0.4, -0.2) is 44.3 Å². The lowest BCUT2D eigenvalue weighted by Gasteiger charge is -2.20. The van der Waals surface area contributed by atoms with Gasteiger partial charge in [-0.05, 0) is 31.9 Å². The van der Waals surface area contributed by atoms with Crippen molar-refractivity contribution in [1.82, 2.24) is 14.7 Å². The maximum atomic E-state index is 12.6. The number of hydrogen-bond acceptors (Lipinski definition) is 3. The first kappa shape index (κ1) is 14.3. The number of carbonyl (C=O) groups is 2. The van der Waals surface area contributed by atoms with Crippen LogP contribution in [0.2, 0.25) is 0 Å². The highest BCUT2D eigenvalue weighted by molar-refractivity contribution is 5.96. The molecule has 6 nitrogen and oxygen atoms in total. The van der Waals surface area contributed by atoms with E-state index in [4.69, 9.17) is 0 Å². The summed E-state index contributed by atoms with van der Waals surface area (Å²) in [6.45, 7) is 2.28. The minimum absolute atomic E-state index is 0.308. The highest BCUT2D eigenvalue weighted by Gasteiger charge is 2.35. The van der Waals surface area contributed by atoms with Gasteiger partial charge in [0.1, 0.15) is 6.04 Å². The lowest BCUT2D eigenvalue weighted by molar-refractivity contribution is -0.141. The molecule has 0 spiro atoms. The molecule has 1 aliphatic heterocycles. The van der Waals surface area contributed by atoms with Gasteiger partial charge in [-0.2, -0.15) is 5.10 Å². The zero-order valence-electron chi connectivity index (χ0n) is 12.3. The Balaban J connectivity index is 1.91. The van der Waals surface area contributed by atoms with Gasteiger partial charge in [0.25, 0.3) is 5.91 Å². The van der Waals surface area contributed by atoms with Gasteiger partial charge in [0, 0.05) is 18.3 Å². The molecule has 0 unspecified atom stereocenters. The molecule has 0 aliphatic carbocycles. The molecule has 2 aromatic rings. The molecule has 0 bridgehead atoms. The molecular weight excluding hydrogens is 282 g/mol. The molecule has 2 heterocycles. The Kier molecular flexibility index (Phi) is 3.66. The number of rotatable bonds is 3. The van der Waals surface area contributed by atoms with Crippen molar-refractivity contribution in [2.24, 2.45) is 0 Å². The van der Waals surface area contributed by atoms with Crippen LogP contribution in [0.25, 0.3) is 5.69 Å². The molecule has 3 rings (SSSR count). The standard InChI is InChI=1S/C16H17N3O3/c1-11-10-19(12-6-3-2-4-7-12)17-14(11)15(20)18-9-5-8-13(18)16(21)22/h2-4,6-7,10,13H,5,8-9H2,1H3,(H,21,22)/t13-/m1/s1. The van der Waals surface area contributed by atoms with E-state index in [0.717, 1.165) is 11.3 Å². The van der Waals surface area contributed by atoms with Crippen molar-refractivity contribution in [1.29, 1.82) is 0 Å². The zero-order chi connectivity index (χ0) is 15.7. The SMILES string of the molecule is Cc1cn(-c2ccccc2)nc1C(=O)N1CCC[C@@H]1C(=O)O. The average Bonchev–Trinajstić information content (AvgIpc) is 3.14. The average molecular weight is 299 g/mol. The summed E-state index contributed by atoms with van der Waals surface area (Å²) in [6.07, 6.45) is 3.00. The number of carboxylic acid groups (broad SMARTS) is 1. The molecular formula is C16H17N3O3. The van der Waals surface area contributed by atoms with Gasteiger partial charge >= 0.3 is 5.97 Å². The monoisotopic (exact) mass is 299 g/mol. The number of benzene rings is 1. The Bertz CT molecular complexity index is 709. The van der Waals surface area contributed by atoms with Crippen molar-refractivity contribution in [3.63, 3.8) is 0 Å². The van der Waals surface area contributed by atoms with Crippen LogP contribution in [0.3, 0.4) is 0 Å². The Morgan fingerprint density at radius 2 is 2.00 bits per heavy atom. The molecule has 0 saturated carbocycles. The molecule has 1 aromatic carbocycles. The number of aromatic nitrogens is 2. The lowest BCUT2D eigenvalue weighted by Crippen LogP contribution is -2.40. The Morgan fingerprint density at radius 3 is 2.68 bits per heavy atom. The predicted octanol–water partition coefficient (Wildman–Crippen LogP) is 1.87. The van der Waals surface area contributed by atoms with E-state index in [1.807, 2.05) is 37.3 Å². The number of likely N-dealkylation sites (tertiary alicyclic amines) is 1. The molecule has 114 valence electrons. The third-order valence-corrected chi connectivity index (χ3v) is 3.92. The fraction of sp³-hybridized carbons (Fsp3) is 0.312. The summed E-state index contributed by atoms with van der Waals surface area (Å²) >= 11 is 0. The van der Waals surface area contributed by atoms with E-state index in [-0.39, 0.29) is 5.91 Å². The minimum Gasteiger partial charge on any atom is -0.480 e. The van der Waals surface area contributed by atoms with Gasteiger partial charge in [-0.15, -0.1) is 0 Å². The number of nitrogens with zero attached hydrogens (tertiary/aromatic N) is 3. The summed E-state index contributed by atoms with van der Waals surface area (Å²) in [5.41, 5.74) is 1.92. The number of aliphatic carboxylic acids is 1. The quantitative estimate of drug-likeness (QED) is 0.938. The highest BCUT2D eigenvalue weighted by atomic mass is 16.4. The molecule has 22 heavy (non-hydrogen) atoms. The van der Waals surface area contributed by atoms with E-state index < -0.39 is 12.0 Å². The molecule has 1 saturated heterocycles. The van der Waals surface area contributed by atoms with E-state index in [2.05, 4.69) is 5.10 Å². The van der Waals surface area contributed by atoms with Crippen molar-refractivity contribution in [2.45, 2.75) is 25.8 Å². The molecule has 1 aliphatic rings. The first-order valence-electron chi connectivity index (χ1n) is 7.23. The first-order valence-corrected chi connectivity index (χ1v) is 7.23. The topological polar surface area (TPSA) is 75.4 Å². The van der Waals surface area contributed by atoms with Crippen LogP contribution in [0.15, 0.2) is 36.5 Å². The molecule has 1 aromatic heterocycles. The van der Waals surface area contributed by atoms with E-state index in [9.17, 15) is 14.7 Å². The summed E-state index contributed by atoms with van der Waals surface area (Å²) in [5.74, 6) is -1.26. The van der Waals surface area contributed by atoms with Gasteiger partial charge in [-0.3, -0.25) is 4.79 Å². The van der Waals surface area contributed by atoms with Gasteiger partial charge in [-0.25, -0.2) is 9.48 Å². The van der Waals surface area contributed by atoms with Gasteiger partial charge in [-0.1, -0.05) is 18.2 Å². The molecule has 6 heteroatoms. The van der Waals surface area contributed by atoms with Gasteiger partial charge in [0.15, 0.2) is 5.69 Å². The number of para-hydroxylation sites is 1. The molecule has 1 fully saturated rings. The largest absolute Gasteiger partial charge is 0.480 e. The summed E-state index contributed by atoms with van der Waals surface area (Å²) in [7, 11) is 0. The highest BCUT2D eigenvalue weighted by Crippen LogP contribution is 2.21. The van der Waals surface area contributed by atoms with Gasteiger partial charge in [0.2, 0.25) is 0 Å². The van der Waals surface area contributed by atoms with Crippen LogP contribution in [0.4, 0.5) is 0 Å². The van der Waals surface area contributed by atoms with Crippen molar-refractivity contribution >= 4 is 11.9 Å². The third-order valence-electron chi connectivity index (χ3n) is 3.92. The lowest BCUT2D eigenvalue weighted by atomic mass is 10.2. The smallest absolute Gasteiger partial charge is 0.326 e. The third kappa shape index (κ3) is 2.47. The predicted molar refractivity (Wildman–Crippen MR) is 80.0 cm³/mol. The first-order chi connectivity index (χ1) is 10.6. The molecule has 1 N–H and O–H groups in total. The van der Waals surface area contributed by atoms with Crippen molar-refractivity contribution in [3.8, 4) is 5.69 Å². The van der Waals surface area contributed by atoms with E-state index >= 15 is 0 Å². The van der Waals surface area contributed by atoms with Gasteiger partial charge < -0.3 is 10.0 Å². The number of carboxylic acids is 1. The van der Waals surface area contributed by atoms with Crippen molar-refractivity contribution < 1.29 is 14.7 Å². The van der Waals surface area contributed by atoms with Crippen molar-refractivity contribution in [3.05, 3.63) is 47.8 Å². The van der Waals surface area contributed by atoms with Crippen LogP contribution in [0.5, 0.6) is 0 Å². The molecule has 1 atom stereocenters. The summed E-state index contributed by atoms with van der Waals surface area (Å²) in [5, 5.41) is 13.6. The Morgan fingerprint density at radius 1 is 1.27 bits per heavy atom.